The van der Waals surface area contributed by atoms with Gasteiger partial charge in [0.1, 0.15) is 0 Å². The van der Waals surface area contributed by atoms with Gasteiger partial charge in [-0.05, 0) is 17.7 Å². The summed E-state index contributed by atoms with van der Waals surface area (Å²) in [6, 6.07) is 5.19. The van der Waals surface area contributed by atoms with Crippen molar-refractivity contribution in [2.75, 3.05) is 6.79 Å². The second kappa shape index (κ2) is 3.23. The van der Waals surface area contributed by atoms with Crippen molar-refractivity contribution >= 4 is 11.9 Å². The molecule has 1 aromatic rings. The molecule has 2 heterocycles. The van der Waals surface area contributed by atoms with Crippen molar-refractivity contribution in [1.82, 2.24) is 0 Å². The third-order valence-electron chi connectivity index (χ3n) is 2.67. The highest BCUT2D eigenvalue weighted by Gasteiger charge is 2.35. The molecule has 1 fully saturated rings. The van der Waals surface area contributed by atoms with Crippen LogP contribution in [0, 0.1) is 0 Å². The van der Waals surface area contributed by atoms with E-state index in [-0.39, 0.29) is 13.2 Å². The first-order chi connectivity index (χ1) is 7.74. The van der Waals surface area contributed by atoms with Gasteiger partial charge in [0, 0.05) is 0 Å². The van der Waals surface area contributed by atoms with E-state index in [4.69, 9.17) is 9.47 Å². The minimum Gasteiger partial charge on any atom is -0.454 e. The smallest absolute Gasteiger partial charge is 0.321 e. The van der Waals surface area contributed by atoms with Crippen LogP contribution in [0.1, 0.15) is 17.9 Å². The first kappa shape index (κ1) is 9.21. The summed E-state index contributed by atoms with van der Waals surface area (Å²) in [5.41, 5.74) is 0.722. The lowest BCUT2D eigenvalue weighted by molar-refractivity contribution is -0.152. The standard InChI is InChI=1S/C11H8O5/c12-10-4-7(11(13)16-10)6-1-2-8-9(3-6)15-5-14-8/h1-3,7H,4-5H2/t7-/m0/s1. The first-order valence-electron chi connectivity index (χ1n) is 4.88. The maximum absolute atomic E-state index is 11.4. The average molecular weight is 220 g/mol. The van der Waals surface area contributed by atoms with Crippen molar-refractivity contribution in [2.24, 2.45) is 0 Å². The summed E-state index contributed by atoms with van der Waals surface area (Å²) in [6.07, 6.45) is 0.0957. The van der Waals surface area contributed by atoms with E-state index >= 15 is 0 Å². The van der Waals surface area contributed by atoms with Crippen LogP contribution in [0.25, 0.3) is 0 Å². The van der Waals surface area contributed by atoms with Gasteiger partial charge in [0.15, 0.2) is 11.5 Å². The Hall–Kier alpha value is -2.04. The summed E-state index contributed by atoms with van der Waals surface area (Å²) in [7, 11) is 0. The summed E-state index contributed by atoms with van der Waals surface area (Å²) >= 11 is 0. The SMILES string of the molecule is O=C1C[C@@H](c2ccc3c(c2)OCO3)C(=O)O1. The van der Waals surface area contributed by atoms with Gasteiger partial charge < -0.3 is 14.2 Å². The van der Waals surface area contributed by atoms with E-state index < -0.39 is 17.9 Å². The number of carbonyl (C=O) groups is 2. The van der Waals surface area contributed by atoms with Crippen LogP contribution < -0.4 is 9.47 Å². The molecular formula is C11H8O5. The Kier molecular flexibility index (Phi) is 1.86. The number of carbonyl (C=O) groups excluding carboxylic acids is 2. The number of hydrogen-bond acceptors (Lipinski definition) is 5. The summed E-state index contributed by atoms with van der Waals surface area (Å²) < 4.78 is 14.9. The Morgan fingerprint density at radius 2 is 1.94 bits per heavy atom. The zero-order valence-corrected chi connectivity index (χ0v) is 8.26. The van der Waals surface area contributed by atoms with Gasteiger partial charge in [-0.1, -0.05) is 6.07 Å². The van der Waals surface area contributed by atoms with Crippen LogP contribution in [-0.2, 0) is 14.3 Å². The van der Waals surface area contributed by atoms with Gasteiger partial charge in [-0.15, -0.1) is 0 Å². The van der Waals surface area contributed by atoms with E-state index in [9.17, 15) is 9.59 Å². The lowest BCUT2D eigenvalue weighted by atomic mass is 9.97. The zero-order valence-electron chi connectivity index (χ0n) is 8.26. The molecule has 1 atom stereocenters. The molecule has 2 aliphatic heterocycles. The summed E-state index contributed by atoms with van der Waals surface area (Å²) in [4.78, 5) is 22.3. The molecule has 0 amide bonds. The van der Waals surface area contributed by atoms with E-state index in [2.05, 4.69) is 4.74 Å². The minimum absolute atomic E-state index is 0.0957. The molecule has 0 N–H and O–H groups in total. The van der Waals surface area contributed by atoms with Gasteiger partial charge in [-0.2, -0.15) is 0 Å². The Bertz CT molecular complexity index is 479. The molecule has 3 rings (SSSR count). The Morgan fingerprint density at radius 3 is 2.69 bits per heavy atom. The molecule has 0 radical (unpaired) electrons. The molecule has 16 heavy (non-hydrogen) atoms. The number of esters is 2. The van der Waals surface area contributed by atoms with E-state index in [0.717, 1.165) is 5.56 Å². The monoisotopic (exact) mass is 220 g/mol. The second-order valence-electron chi connectivity index (χ2n) is 3.66. The second-order valence-corrected chi connectivity index (χ2v) is 3.66. The van der Waals surface area contributed by atoms with Gasteiger partial charge in [-0.25, -0.2) is 0 Å². The van der Waals surface area contributed by atoms with E-state index in [1.165, 1.54) is 0 Å². The van der Waals surface area contributed by atoms with E-state index in [1.807, 2.05) is 0 Å². The molecule has 5 heteroatoms. The maximum Gasteiger partial charge on any atom is 0.321 e. The van der Waals surface area contributed by atoms with Crippen LogP contribution in [0.5, 0.6) is 11.5 Å². The first-order valence-corrected chi connectivity index (χ1v) is 4.88. The third-order valence-corrected chi connectivity index (χ3v) is 2.67. The molecular weight excluding hydrogens is 212 g/mol. The van der Waals surface area contributed by atoms with Gasteiger partial charge in [0.25, 0.3) is 0 Å². The van der Waals surface area contributed by atoms with Gasteiger partial charge in [0.2, 0.25) is 6.79 Å². The molecule has 1 aromatic carbocycles. The normalized spacial score (nSPS) is 22.4. The maximum atomic E-state index is 11.4. The number of benzene rings is 1. The zero-order chi connectivity index (χ0) is 11.1. The van der Waals surface area contributed by atoms with Crippen molar-refractivity contribution in [3.63, 3.8) is 0 Å². The molecule has 5 nitrogen and oxygen atoms in total. The van der Waals surface area contributed by atoms with E-state index in [1.54, 1.807) is 18.2 Å². The lowest BCUT2D eigenvalue weighted by Gasteiger charge is -2.05. The van der Waals surface area contributed by atoms with Crippen LogP contribution in [0.2, 0.25) is 0 Å². The average Bonchev–Trinajstić information content (AvgIpc) is 2.83. The lowest BCUT2D eigenvalue weighted by Crippen LogP contribution is -2.05. The predicted octanol–water partition coefficient (Wildman–Crippen LogP) is 0.972. The highest BCUT2D eigenvalue weighted by Crippen LogP contribution is 2.37. The fraction of sp³-hybridized carbons (Fsp3) is 0.273. The largest absolute Gasteiger partial charge is 0.454 e. The summed E-state index contributed by atoms with van der Waals surface area (Å²) in [5, 5.41) is 0. The number of cyclic esters (lactones) is 2. The Balaban J connectivity index is 1.95. The quantitative estimate of drug-likeness (QED) is 0.521. The number of fused-ring (bicyclic) bond motifs is 1. The number of ether oxygens (including phenoxy) is 3. The van der Waals surface area contributed by atoms with Crippen LogP contribution in [0.15, 0.2) is 18.2 Å². The molecule has 2 aliphatic rings. The van der Waals surface area contributed by atoms with Crippen molar-refractivity contribution in [3.05, 3.63) is 23.8 Å². The molecule has 82 valence electrons. The fourth-order valence-electron chi connectivity index (χ4n) is 1.86. The topological polar surface area (TPSA) is 61.8 Å². The predicted molar refractivity (Wildman–Crippen MR) is 51.0 cm³/mol. The molecule has 0 unspecified atom stereocenters. The minimum atomic E-state index is -0.512. The molecule has 0 bridgehead atoms. The van der Waals surface area contributed by atoms with Crippen molar-refractivity contribution in [2.45, 2.75) is 12.3 Å². The van der Waals surface area contributed by atoms with Gasteiger partial charge in [-0.3, -0.25) is 9.59 Å². The highest BCUT2D eigenvalue weighted by molar-refractivity contribution is 5.97. The summed E-state index contributed by atoms with van der Waals surface area (Å²) in [6.45, 7) is 0.187. The van der Waals surface area contributed by atoms with Crippen molar-refractivity contribution in [1.29, 1.82) is 0 Å². The number of hydrogen-bond donors (Lipinski definition) is 0. The van der Waals surface area contributed by atoms with E-state index in [0.29, 0.717) is 11.5 Å². The van der Waals surface area contributed by atoms with Crippen LogP contribution >= 0.6 is 0 Å². The van der Waals surface area contributed by atoms with Crippen molar-refractivity contribution < 1.29 is 23.8 Å². The number of rotatable bonds is 1. The molecule has 0 spiro atoms. The van der Waals surface area contributed by atoms with Crippen LogP contribution in [0.3, 0.4) is 0 Å². The molecule has 0 saturated carbocycles. The Morgan fingerprint density at radius 1 is 1.12 bits per heavy atom. The van der Waals surface area contributed by atoms with Crippen LogP contribution in [-0.4, -0.2) is 18.7 Å². The molecule has 0 aromatic heterocycles. The highest BCUT2D eigenvalue weighted by atomic mass is 16.7. The molecule has 1 saturated heterocycles. The summed E-state index contributed by atoms with van der Waals surface area (Å²) in [5.74, 6) is -0.232. The Labute approximate surface area is 90.9 Å². The van der Waals surface area contributed by atoms with Crippen LogP contribution in [0.4, 0.5) is 0 Å². The fourth-order valence-corrected chi connectivity index (χ4v) is 1.86. The van der Waals surface area contributed by atoms with Gasteiger partial charge >= 0.3 is 11.9 Å². The third kappa shape index (κ3) is 1.32. The van der Waals surface area contributed by atoms with Crippen molar-refractivity contribution in [3.8, 4) is 11.5 Å². The van der Waals surface area contributed by atoms with Gasteiger partial charge in [0.05, 0.1) is 12.3 Å². The molecule has 0 aliphatic carbocycles.